The van der Waals surface area contributed by atoms with E-state index >= 15 is 0 Å². The van der Waals surface area contributed by atoms with Gasteiger partial charge in [-0.1, -0.05) is 0 Å². The van der Waals surface area contributed by atoms with E-state index in [4.69, 9.17) is 0 Å². The molecule has 2 aromatic heterocycles. The first-order valence-electron chi connectivity index (χ1n) is 7.69. The quantitative estimate of drug-likeness (QED) is 0.523. The number of aryl methyl sites for hydroxylation is 1. The summed E-state index contributed by atoms with van der Waals surface area (Å²) in [6, 6.07) is 1.04. The summed E-state index contributed by atoms with van der Waals surface area (Å²) in [4.78, 5) is 38.8. The highest BCUT2D eigenvalue weighted by atomic mass is 32.2. The molecule has 2 heterocycles. The Labute approximate surface area is 142 Å². The molecule has 0 saturated heterocycles. The van der Waals surface area contributed by atoms with Crippen LogP contribution >= 0.6 is 11.8 Å². The van der Waals surface area contributed by atoms with Gasteiger partial charge in [0.05, 0.1) is 12.6 Å². The molecule has 0 aliphatic rings. The maximum atomic E-state index is 12.4. The Hall–Kier alpha value is -2.00. The molecule has 0 aromatic carbocycles. The topological polar surface area (TPSA) is 119 Å². The first-order valence-corrected chi connectivity index (χ1v) is 9.08. The standard InChI is InChI=1S/C15H22N4O4S/c1-9-11(15(23)19-12(16-9)7-14(22)18-19)3-4-13(21)17-10(8-20)5-6-24-2/h7,10,16,20H,3-6,8H2,1-2H3,(H,17,21)(H,18,22). The zero-order chi connectivity index (χ0) is 17.7. The number of nitrogens with zero attached hydrogens (tertiary/aromatic N) is 1. The Morgan fingerprint density at radius 3 is 2.88 bits per heavy atom. The summed E-state index contributed by atoms with van der Waals surface area (Å²) in [5.74, 6) is 0.636. The zero-order valence-corrected chi connectivity index (χ0v) is 14.5. The second kappa shape index (κ2) is 8.20. The second-order valence-electron chi connectivity index (χ2n) is 5.60. The average molecular weight is 354 g/mol. The van der Waals surface area contributed by atoms with Gasteiger partial charge in [0.2, 0.25) is 5.91 Å². The summed E-state index contributed by atoms with van der Waals surface area (Å²) in [5.41, 5.74) is 0.782. The number of aliphatic hydroxyl groups excluding tert-OH is 1. The van der Waals surface area contributed by atoms with Crippen LogP contribution in [-0.4, -0.2) is 50.3 Å². The van der Waals surface area contributed by atoms with Gasteiger partial charge in [0.1, 0.15) is 5.65 Å². The molecule has 1 atom stereocenters. The molecule has 0 aliphatic carbocycles. The van der Waals surface area contributed by atoms with Crippen molar-refractivity contribution in [1.82, 2.24) is 19.9 Å². The lowest BCUT2D eigenvalue weighted by Crippen LogP contribution is -2.38. The highest BCUT2D eigenvalue weighted by molar-refractivity contribution is 7.98. The van der Waals surface area contributed by atoms with Crippen LogP contribution in [0.5, 0.6) is 0 Å². The van der Waals surface area contributed by atoms with Gasteiger partial charge in [-0.3, -0.25) is 19.5 Å². The monoisotopic (exact) mass is 354 g/mol. The molecule has 24 heavy (non-hydrogen) atoms. The summed E-state index contributed by atoms with van der Waals surface area (Å²) in [6.07, 6.45) is 3.05. The molecular weight excluding hydrogens is 332 g/mol. The fourth-order valence-electron chi connectivity index (χ4n) is 2.51. The van der Waals surface area contributed by atoms with Crippen LogP contribution in [0.1, 0.15) is 24.1 Å². The number of thioether (sulfide) groups is 1. The van der Waals surface area contributed by atoms with E-state index in [1.54, 1.807) is 18.7 Å². The number of aromatic amines is 2. The van der Waals surface area contributed by atoms with Crippen molar-refractivity contribution >= 4 is 23.3 Å². The summed E-state index contributed by atoms with van der Waals surface area (Å²) in [5, 5.41) is 14.5. The number of hydrogen-bond acceptors (Lipinski definition) is 5. The van der Waals surface area contributed by atoms with Crippen molar-refractivity contribution in [3.05, 3.63) is 38.0 Å². The van der Waals surface area contributed by atoms with Crippen LogP contribution in [0.15, 0.2) is 15.7 Å². The molecule has 2 aromatic rings. The van der Waals surface area contributed by atoms with Crippen LogP contribution in [-0.2, 0) is 11.2 Å². The Morgan fingerprint density at radius 2 is 2.21 bits per heavy atom. The first kappa shape index (κ1) is 18.3. The van der Waals surface area contributed by atoms with Gasteiger partial charge in [-0.15, -0.1) is 0 Å². The van der Waals surface area contributed by atoms with Crippen molar-refractivity contribution in [1.29, 1.82) is 0 Å². The smallest absolute Gasteiger partial charge is 0.276 e. The van der Waals surface area contributed by atoms with Crippen LogP contribution in [0.4, 0.5) is 0 Å². The van der Waals surface area contributed by atoms with Crippen molar-refractivity contribution in [2.24, 2.45) is 0 Å². The number of amides is 1. The van der Waals surface area contributed by atoms with Gasteiger partial charge in [0.15, 0.2) is 0 Å². The molecule has 0 aliphatic heterocycles. The predicted molar refractivity (Wildman–Crippen MR) is 93.7 cm³/mol. The number of H-pyrrole nitrogens is 2. The number of aliphatic hydroxyl groups is 1. The summed E-state index contributed by atoms with van der Waals surface area (Å²) >= 11 is 1.65. The predicted octanol–water partition coefficient (Wildman–Crippen LogP) is -0.213. The van der Waals surface area contributed by atoms with Gasteiger partial charge < -0.3 is 15.4 Å². The third-order valence-corrected chi connectivity index (χ3v) is 4.46. The molecule has 0 bridgehead atoms. The molecule has 0 saturated carbocycles. The van der Waals surface area contributed by atoms with Crippen LogP contribution in [0.2, 0.25) is 0 Å². The van der Waals surface area contributed by atoms with Gasteiger partial charge in [-0.2, -0.15) is 11.8 Å². The molecule has 0 spiro atoms. The van der Waals surface area contributed by atoms with Gasteiger partial charge in [0, 0.05) is 23.7 Å². The van der Waals surface area contributed by atoms with Crippen LogP contribution < -0.4 is 16.4 Å². The van der Waals surface area contributed by atoms with E-state index in [1.165, 1.54) is 6.07 Å². The van der Waals surface area contributed by atoms with E-state index in [0.29, 0.717) is 23.3 Å². The molecule has 2 rings (SSSR count). The van der Waals surface area contributed by atoms with Gasteiger partial charge in [0.25, 0.3) is 11.1 Å². The molecule has 8 nitrogen and oxygen atoms in total. The lowest BCUT2D eigenvalue weighted by atomic mass is 10.1. The third-order valence-electron chi connectivity index (χ3n) is 3.82. The van der Waals surface area contributed by atoms with E-state index in [9.17, 15) is 19.5 Å². The number of rotatable bonds is 8. The van der Waals surface area contributed by atoms with Crippen molar-refractivity contribution in [2.45, 2.75) is 32.2 Å². The maximum absolute atomic E-state index is 12.4. The minimum Gasteiger partial charge on any atom is -0.394 e. The van der Waals surface area contributed by atoms with Crippen molar-refractivity contribution < 1.29 is 9.90 Å². The fraction of sp³-hybridized carbons (Fsp3) is 0.533. The van der Waals surface area contributed by atoms with Crippen LogP contribution in [0.3, 0.4) is 0 Å². The Morgan fingerprint density at radius 1 is 1.46 bits per heavy atom. The summed E-state index contributed by atoms with van der Waals surface area (Å²) in [6.45, 7) is 1.63. The van der Waals surface area contributed by atoms with E-state index in [-0.39, 0.29) is 42.5 Å². The SMILES string of the molecule is CSCCC(CO)NC(=O)CCc1c(C)[nH]c2cc(=O)[nH]n2c1=O. The molecular formula is C15H22N4O4S. The molecule has 0 fully saturated rings. The van der Waals surface area contributed by atoms with E-state index < -0.39 is 0 Å². The number of nitrogens with one attached hydrogen (secondary N) is 3. The number of hydrogen-bond donors (Lipinski definition) is 4. The highest BCUT2D eigenvalue weighted by Crippen LogP contribution is 2.06. The van der Waals surface area contributed by atoms with Crippen molar-refractivity contribution in [2.75, 3.05) is 18.6 Å². The Kier molecular flexibility index (Phi) is 6.27. The number of aromatic nitrogens is 3. The fourth-order valence-corrected chi connectivity index (χ4v) is 3.03. The number of carbonyl (C=O) groups excluding carboxylic acids is 1. The van der Waals surface area contributed by atoms with Gasteiger partial charge in [-0.25, -0.2) is 4.52 Å². The summed E-state index contributed by atoms with van der Waals surface area (Å²) < 4.78 is 1.15. The summed E-state index contributed by atoms with van der Waals surface area (Å²) in [7, 11) is 0. The van der Waals surface area contributed by atoms with Gasteiger partial charge >= 0.3 is 0 Å². The van der Waals surface area contributed by atoms with Gasteiger partial charge in [-0.05, 0) is 31.8 Å². The first-order chi connectivity index (χ1) is 11.5. The van der Waals surface area contributed by atoms with Crippen LogP contribution in [0.25, 0.3) is 5.65 Å². The van der Waals surface area contributed by atoms with E-state index in [1.807, 2.05) is 6.26 Å². The second-order valence-corrected chi connectivity index (χ2v) is 6.59. The normalized spacial score (nSPS) is 12.5. The molecule has 0 radical (unpaired) electrons. The van der Waals surface area contributed by atoms with Crippen LogP contribution in [0, 0.1) is 6.92 Å². The van der Waals surface area contributed by atoms with E-state index in [2.05, 4.69) is 15.4 Å². The number of carbonyl (C=O) groups is 1. The minimum absolute atomic E-state index is 0.109. The van der Waals surface area contributed by atoms with Crippen molar-refractivity contribution in [3.63, 3.8) is 0 Å². The largest absolute Gasteiger partial charge is 0.394 e. The maximum Gasteiger partial charge on any atom is 0.276 e. The third kappa shape index (κ3) is 4.30. The highest BCUT2D eigenvalue weighted by Gasteiger charge is 2.14. The zero-order valence-electron chi connectivity index (χ0n) is 13.7. The number of fused-ring (bicyclic) bond motifs is 1. The molecule has 132 valence electrons. The minimum atomic E-state index is -0.364. The molecule has 9 heteroatoms. The Bertz CT molecular complexity index is 823. The lowest BCUT2D eigenvalue weighted by molar-refractivity contribution is -0.122. The lowest BCUT2D eigenvalue weighted by Gasteiger charge is -2.15. The Balaban J connectivity index is 2.06. The van der Waals surface area contributed by atoms with E-state index in [0.717, 1.165) is 10.3 Å². The van der Waals surface area contributed by atoms with Crippen molar-refractivity contribution in [3.8, 4) is 0 Å². The molecule has 4 N–H and O–H groups in total. The average Bonchev–Trinajstić information content (AvgIpc) is 2.91. The molecule has 1 unspecified atom stereocenters. The molecule has 1 amide bonds.